The summed E-state index contributed by atoms with van der Waals surface area (Å²) in [4.78, 5) is 13.5. The van der Waals surface area contributed by atoms with Gasteiger partial charge in [-0.25, -0.2) is 4.79 Å². The van der Waals surface area contributed by atoms with Crippen molar-refractivity contribution in [2.75, 3.05) is 27.2 Å². The Bertz CT molecular complexity index is 571. The van der Waals surface area contributed by atoms with Gasteiger partial charge in [0, 0.05) is 26.1 Å². The van der Waals surface area contributed by atoms with Crippen molar-refractivity contribution in [3.8, 4) is 0 Å². The summed E-state index contributed by atoms with van der Waals surface area (Å²) in [5.74, 6) is 0. The molecule has 20 heavy (non-hydrogen) atoms. The van der Waals surface area contributed by atoms with E-state index < -0.39 is 31.2 Å². The molecule has 1 aliphatic heterocycles. The Morgan fingerprint density at radius 1 is 1.50 bits per heavy atom. The summed E-state index contributed by atoms with van der Waals surface area (Å²) in [6, 6.07) is 8.39. The number of nitrogens with one attached hydrogen (secondary N) is 1. The topological polar surface area (TPSA) is 50.8 Å². The van der Waals surface area contributed by atoms with Gasteiger partial charge in [0.1, 0.15) is 6.61 Å². The van der Waals surface area contributed by atoms with E-state index in [1.165, 1.54) is 19.1 Å². The molecule has 0 aromatic heterocycles. The number of hydrogen-bond acceptors (Lipinski definition) is 4. The van der Waals surface area contributed by atoms with E-state index in [0.717, 1.165) is 5.56 Å². The predicted molar refractivity (Wildman–Crippen MR) is 76.5 cm³/mol. The average molecular weight is 282 g/mol. The average Bonchev–Trinajstić information content (AvgIpc) is 2.50. The maximum Gasteiger partial charge on any atom is 0.410 e. The molecular weight excluding hydrogens is 256 g/mol. The molecule has 0 saturated carbocycles. The third kappa shape index (κ3) is 3.71. The van der Waals surface area contributed by atoms with Gasteiger partial charge in [-0.2, -0.15) is 0 Å². The molecular formula is C15H22N2O3. The van der Waals surface area contributed by atoms with Crippen LogP contribution < -0.4 is 5.32 Å². The van der Waals surface area contributed by atoms with Crippen molar-refractivity contribution in [2.45, 2.75) is 25.2 Å². The summed E-state index contributed by atoms with van der Waals surface area (Å²) in [5, 5.41) is 2.28. The number of carbonyl (C=O) groups is 1. The molecule has 1 saturated heterocycles. The molecule has 110 valence electrons. The Morgan fingerprint density at radius 3 is 2.95 bits per heavy atom. The fourth-order valence-corrected chi connectivity index (χ4v) is 1.99. The molecule has 0 spiro atoms. The molecule has 5 heteroatoms. The number of likely N-dealkylation sites (N-methyl/N-ethyl adjacent to an activating group) is 1. The van der Waals surface area contributed by atoms with Crippen LogP contribution in [0.3, 0.4) is 0 Å². The fraction of sp³-hybridized carbons (Fsp3) is 0.533. The van der Waals surface area contributed by atoms with E-state index >= 15 is 0 Å². The van der Waals surface area contributed by atoms with Crippen molar-refractivity contribution < 1.29 is 19.8 Å². The zero-order valence-corrected chi connectivity index (χ0v) is 11.6. The zero-order valence-electron chi connectivity index (χ0n) is 15.6. The number of nitrogens with zero attached hydrogens (tertiary/aromatic N) is 1. The Labute approximate surface area is 125 Å². The van der Waals surface area contributed by atoms with Gasteiger partial charge in [0.25, 0.3) is 0 Å². The summed E-state index contributed by atoms with van der Waals surface area (Å²) in [7, 11) is 2.79. The van der Waals surface area contributed by atoms with Crippen LogP contribution in [0.4, 0.5) is 4.79 Å². The highest BCUT2D eigenvalue weighted by Crippen LogP contribution is 2.15. The van der Waals surface area contributed by atoms with Crippen LogP contribution in [-0.2, 0) is 16.1 Å². The lowest BCUT2D eigenvalue weighted by atomic mass is 10.0. The molecule has 0 radical (unpaired) electrons. The number of ether oxygens (including phenoxy) is 2. The Morgan fingerprint density at radius 2 is 2.25 bits per heavy atom. The first kappa shape index (κ1) is 10.2. The minimum absolute atomic E-state index is 0.0897. The quantitative estimate of drug-likeness (QED) is 0.912. The van der Waals surface area contributed by atoms with Crippen LogP contribution in [0.5, 0.6) is 0 Å². The van der Waals surface area contributed by atoms with Gasteiger partial charge in [0.05, 0.1) is 12.1 Å². The molecule has 0 aliphatic carbocycles. The second kappa shape index (κ2) is 7.26. The van der Waals surface area contributed by atoms with Gasteiger partial charge < -0.3 is 19.7 Å². The first-order valence-electron chi connectivity index (χ1n) is 8.42. The van der Waals surface area contributed by atoms with Crippen molar-refractivity contribution in [2.24, 2.45) is 0 Å². The maximum absolute atomic E-state index is 12.3. The molecule has 1 heterocycles. The van der Waals surface area contributed by atoms with E-state index in [1.54, 1.807) is 0 Å². The van der Waals surface area contributed by atoms with Crippen LogP contribution in [0.15, 0.2) is 30.3 Å². The van der Waals surface area contributed by atoms with Gasteiger partial charge in [-0.3, -0.25) is 0 Å². The lowest BCUT2D eigenvalue weighted by molar-refractivity contribution is 0.00270. The SMILES string of the molecule is [2H]C1([2H])C[C@@H](N(C)C(=O)OCc2ccccc2)[C@H](OC)C([2H])([2H])N1. The first-order chi connectivity index (χ1) is 11.2. The summed E-state index contributed by atoms with van der Waals surface area (Å²) in [5.41, 5.74) is 0.832. The van der Waals surface area contributed by atoms with E-state index in [0.29, 0.717) is 0 Å². The van der Waals surface area contributed by atoms with Crippen molar-refractivity contribution >= 4 is 6.09 Å². The monoisotopic (exact) mass is 282 g/mol. The number of carbonyl (C=O) groups excluding carboxylic acids is 1. The number of rotatable bonds is 4. The van der Waals surface area contributed by atoms with Crippen LogP contribution >= 0.6 is 0 Å². The highest BCUT2D eigenvalue weighted by Gasteiger charge is 2.31. The molecule has 5 nitrogen and oxygen atoms in total. The van der Waals surface area contributed by atoms with Crippen LogP contribution in [0.2, 0.25) is 0 Å². The van der Waals surface area contributed by atoms with Crippen LogP contribution in [0.25, 0.3) is 0 Å². The smallest absolute Gasteiger partial charge is 0.410 e. The van der Waals surface area contributed by atoms with Crippen molar-refractivity contribution in [3.05, 3.63) is 35.9 Å². The largest absolute Gasteiger partial charge is 0.445 e. The van der Waals surface area contributed by atoms with Crippen LogP contribution in [0, 0.1) is 0 Å². The fourth-order valence-electron chi connectivity index (χ4n) is 1.99. The lowest BCUT2D eigenvalue weighted by Crippen LogP contribution is -2.54. The molecule has 2 atom stereocenters. The van der Waals surface area contributed by atoms with E-state index in [4.69, 9.17) is 15.0 Å². The van der Waals surface area contributed by atoms with E-state index in [1.807, 2.05) is 30.3 Å². The van der Waals surface area contributed by atoms with Crippen molar-refractivity contribution in [1.29, 1.82) is 0 Å². The van der Waals surface area contributed by atoms with Gasteiger partial charge in [-0.15, -0.1) is 0 Å². The summed E-state index contributed by atoms with van der Waals surface area (Å²) >= 11 is 0. The molecule has 1 fully saturated rings. The van der Waals surface area contributed by atoms with E-state index in [9.17, 15) is 4.79 Å². The van der Waals surface area contributed by atoms with Gasteiger partial charge in [0.15, 0.2) is 0 Å². The summed E-state index contributed by atoms with van der Waals surface area (Å²) in [6.07, 6.45) is -1.78. The Hall–Kier alpha value is -1.59. The van der Waals surface area contributed by atoms with Crippen molar-refractivity contribution in [3.63, 3.8) is 0 Å². The molecule has 0 bridgehead atoms. The predicted octanol–water partition coefficient (Wildman–Crippen LogP) is 1.63. The second-order valence-corrected chi connectivity index (χ2v) is 4.52. The second-order valence-electron chi connectivity index (χ2n) is 4.52. The molecule has 1 aromatic carbocycles. The number of methoxy groups -OCH3 is 1. The number of piperidine rings is 1. The zero-order chi connectivity index (χ0) is 18.0. The molecule has 2 rings (SSSR count). The third-order valence-electron chi connectivity index (χ3n) is 3.21. The van der Waals surface area contributed by atoms with Gasteiger partial charge in [-0.05, 0) is 18.5 Å². The number of hydrogen-bond donors (Lipinski definition) is 1. The molecule has 1 N–H and O–H groups in total. The van der Waals surface area contributed by atoms with Gasteiger partial charge in [-0.1, -0.05) is 30.3 Å². The maximum atomic E-state index is 12.3. The van der Waals surface area contributed by atoms with Gasteiger partial charge >= 0.3 is 6.09 Å². The Balaban J connectivity index is 2.07. The minimum atomic E-state index is -2.12. The highest BCUT2D eigenvalue weighted by molar-refractivity contribution is 5.67. The first-order valence-corrected chi connectivity index (χ1v) is 6.42. The van der Waals surface area contributed by atoms with E-state index in [-0.39, 0.29) is 13.0 Å². The highest BCUT2D eigenvalue weighted by atomic mass is 16.6. The minimum Gasteiger partial charge on any atom is -0.445 e. The normalized spacial score (nSPS) is 30.3. The van der Waals surface area contributed by atoms with Crippen LogP contribution in [0.1, 0.15) is 17.5 Å². The standard InChI is InChI=1S/C15H22N2O3/c1-17(13-8-9-16-10-14(13)19-2)15(18)20-11-12-6-4-3-5-7-12/h3-7,13-14,16H,8-11H2,1-2H3/t13-,14-/m1/s1/i9D2,10D2. The van der Waals surface area contributed by atoms with Crippen LogP contribution in [-0.4, -0.2) is 50.3 Å². The summed E-state index contributed by atoms with van der Waals surface area (Å²) < 4.78 is 42.0. The molecule has 1 amide bonds. The third-order valence-corrected chi connectivity index (χ3v) is 3.21. The number of benzene rings is 1. The number of amides is 1. The van der Waals surface area contributed by atoms with Gasteiger partial charge in [0.2, 0.25) is 0 Å². The lowest BCUT2D eigenvalue weighted by Gasteiger charge is -2.36. The Kier molecular flexibility index (Phi) is 3.70. The molecule has 0 unspecified atom stereocenters. The van der Waals surface area contributed by atoms with E-state index in [2.05, 4.69) is 5.32 Å². The molecule has 1 aliphatic rings. The van der Waals surface area contributed by atoms with Crippen molar-refractivity contribution in [1.82, 2.24) is 10.2 Å². The molecule has 1 aromatic rings. The summed E-state index contributed by atoms with van der Waals surface area (Å²) in [6.45, 7) is -3.99.